The van der Waals surface area contributed by atoms with E-state index < -0.39 is 5.82 Å². The Morgan fingerprint density at radius 2 is 1.62 bits per heavy atom. The molecule has 4 rings (SSSR count). The standard InChI is InChI=1S/C24H22FN3O/c1-17-5-7-18(8-6-17)24(2,3)19-9-11-21(12-10-19)29-23-22(25)15-20(16-26-23)28-14-4-13-27-28/h4-16H,1-3H3. The molecule has 2 aromatic heterocycles. The number of hydrogen-bond donors (Lipinski definition) is 0. The Kier molecular flexibility index (Phi) is 4.89. The number of aromatic nitrogens is 3. The summed E-state index contributed by atoms with van der Waals surface area (Å²) in [6, 6.07) is 19.4. The van der Waals surface area contributed by atoms with Crippen molar-refractivity contribution in [2.75, 3.05) is 0 Å². The molecular weight excluding hydrogens is 365 g/mol. The lowest BCUT2D eigenvalue weighted by atomic mass is 9.78. The molecule has 146 valence electrons. The first-order chi connectivity index (χ1) is 13.9. The molecule has 0 saturated carbocycles. The Hall–Kier alpha value is -3.47. The summed E-state index contributed by atoms with van der Waals surface area (Å²) in [5.74, 6) is -0.0693. The van der Waals surface area contributed by atoms with Crippen LogP contribution in [0.1, 0.15) is 30.5 Å². The summed E-state index contributed by atoms with van der Waals surface area (Å²) in [7, 11) is 0. The summed E-state index contributed by atoms with van der Waals surface area (Å²) in [5.41, 5.74) is 4.01. The zero-order valence-electron chi connectivity index (χ0n) is 16.6. The van der Waals surface area contributed by atoms with Gasteiger partial charge in [0.1, 0.15) is 5.75 Å². The van der Waals surface area contributed by atoms with Crippen LogP contribution in [0.3, 0.4) is 0 Å². The molecule has 0 aliphatic carbocycles. The van der Waals surface area contributed by atoms with Gasteiger partial charge in [-0.05, 0) is 36.2 Å². The Labute approximate surface area is 169 Å². The van der Waals surface area contributed by atoms with E-state index in [1.54, 1.807) is 23.1 Å². The smallest absolute Gasteiger partial charge is 0.256 e. The van der Waals surface area contributed by atoms with Crippen LogP contribution in [-0.4, -0.2) is 14.8 Å². The molecule has 0 amide bonds. The molecule has 0 aliphatic rings. The summed E-state index contributed by atoms with van der Waals surface area (Å²) >= 11 is 0. The van der Waals surface area contributed by atoms with Gasteiger partial charge in [-0.15, -0.1) is 0 Å². The minimum absolute atomic E-state index is 0.0635. The van der Waals surface area contributed by atoms with Gasteiger partial charge in [-0.2, -0.15) is 5.10 Å². The van der Waals surface area contributed by atoms with E-state index >= 15 is 0 Å². The van der Waals surface area contributed by atoms with Gasteiger partial charge in [0.25, 0.3) is 5.88 Å². The van der Waals surface area contributed by atoms with Gasteiger partial charge >= 0.3 is 0 Å². The number of rotatable bonds is 5. The molecule has 0 bridgehead atoms. The van der Waals surface area contributed by atoms with E-state index in [-0.39, 0.29) is 11.3 Å². The number of benzene rings is 2. The molecule has 0 unspecified atom stereocenters. The molecule has 0 spiro atoms. The lowest BCUT2D eigenvalue weighted by Gasteiger charge is -2.26. The van der Waals surface area contributed by atoms with Crippen LogP contribution in [0.4, 0.5) is 4.39 Å². The molecule has 4 aromatic rings. The van der Waals surface area contributed by atoms with E-state index in [1.807, 2.05) is 24.3 Å². The van der Waals surface area contributed by atoms with Crippen LogP contribution in [0.2, 0.25) is 0 Å². The van der Waals surface area contributed by atoms with Gasteiger partial charge in [-0.3, -0.25) is 0 Å². The third-order valence-electron chi connectivity index (χ3n) is 5.13. The number of ether oxygens (including phenoxy) is 1. The first-order valence-corrected chi connectivity index (χ1v) is 9.44. The van der Waals surface area contributed by atoms with Crippen LogP contribution in [0.25, 0.3) is 5.69 Å². The van der Waals surface area contributed by atoms with Crippen molar-refractivity contribution in [1.29, 1.82) is 0 Å². The normalized spacial score (nSPS) is 11.4. The van der Waals surface area contributed by atoms with Gasteiger partial charge < -0.3 is 4.74 Å². The highest BCUT2D eigenvalue weighted by atomic mass is 19.1. The number of pyridine rings is 1. The van der Waals surface area contributed by atoms with Crippen molar-refractivity contribution in [3.05, 3.63) is 102 Å². The van der Waals surface area contributed by atoms with E-state index in [0.717, 1.165) is 5.56 Å². The molecule has 0 aliphatic heterocycles. The Bertz CT molecular complexity index is 1100. The summed E-state index contributed by atoms with van der Waals surface area (Å²) in [4.78, 5) is 4.10. The minimum atomic E-state index is -0.540. The quantitative estimate of drug-likeness (QED) is 0.432. The summed E-state index contributed by atoms with van der Waals surface area (Å²) in [6.45, 7) is 6.45. The fraction of sp³-hybridized carbons (Fsp3) is 0.167. The largest absolute Gasteiger partial charge is 0.436 e. The van der Waals surface area contributed by atoms with Crippen LogP contribution in [0.5, 0.6) is 11.6 Å². The van der Waals surface area contributed by atoms with E-state index in [2.05, 4.69) is 55.1 Å². The maximum absolute atomic E-state index is 14.4. The monoisotopic (exact) mass is 387 g/mol. The number of aryl methyl sites for hydroxylation is 1. The average molecular weight is 387 g/mol. The highest BCUT2D eigenvalue weighted by molar-refractivity contribution is 5.42. The summed E-state index contributed by atoms with van der Waals surface area (Å²) in [5, 5.41) is 4.07. The summed E-state index contributed by atoms with van der Waals surface area (Å²) < 4.78 is 21.6. The van der Waals surface area contributed by atoms with Crippen LogP contribution >= 0.6 is 0 Å². The molecule has 4 nitrogen and oxygen atoms in total. The zero-order chi connectivity index (χ0) is 20.4. The topological polar surface area (TPSA) is 39.9 Å². The highest BCUT2D eigenvalue weighted by Gasteiger charge is 2.23. The van der Waals surface area contributed by atoms with Crippen molar-refractivity contribution in [2.45, 2.75) is 26.2 Å². The van der Waals surface area contributed by atoms with Crippen molar-refractivity contribution >= 4 is 0 Å². The molecule has 0 saturated heterocycles. The van der Waals surface area contributed by atoms with Crippen molar-refractivity contribution < 1.29 is 9.13 Å². The van der Waals surface area contributed by atoms with Crippen molar-refractivity contribution in [1.82, 2.24) is 14.8 Å². The Morgan fingerprint density at radius 3 is 2.21 bits per heavy atom. The van der Waals surface area contributed by atoms with E-state index in [0.29, 0.717) is 11.4 Å². The molecule has 29 heavy (non-hydrogen) atoms. The van der Waals surface area contributed by atoms with Gasteiger partial charge in [-0.1, -0.05) is 55.8 Å². The van der Waals surface area contributed by atoms with Crippen molar-refractivity contribution in [3.63, 3.8) is 0 Å². The minimum Gasteiger partial charge on any atom is -0.436 e. The lowest BCUT2D eigenvalue weighted by molar-refractivity contribution is 0.422. The van der Waals surface area contributed by atoms with E-state index in [9.17, 15) is 4.39 Å². The fourth-order valence-electron chi connectivity index (χ4n) is 3.23. The molecule has 5 heteroatoms. The van der Waals surface area contributed by atoms with Crippen LogP contribution in [0, 0.1) is 12.7 Å². The van der Waals surface area contributed by atoms with Crippen LogP contribution in [-0.2, 0) is 5.41 Å². The van der Waals surface area contributed by atoms with E-state index in [4.69, 9.17) is 4.74 Å². The van der Waals surface area contributed by atoms with Gasteiger partial charge in [-0.25, -0.2) is 14.1 Å². The highest BCUT2D eigenvalue weighted by Crippen LogP contribution is 2.33. The van der Waals surface area contributed by atoms with Crippen molar-refractivity contribution in [2.24, 2.45) is 0 Å². The molecule has 0 fully saturated rings. The lowest BCUT2D eigenvalue weighted by Crippen LogP contribution is -2.18. The second-order valence-corrected chi connectivity index (χ2v) is 7.55. The molecule has 0 radical (unpaired) electrons. The first-order valence-electron chi connectivity index (χ1n) is 9.44. The zero-order valence-corrected chi connectivity index (χ0v) is 16.6. The van der Waals surface area contributed by atoms with Gasteiger partial charge in [0, 0.05) is 23.9 Å². The third kappa shape index (κ3) is 3.90. The molecule has 2 aromatic carbocycles. The Morgan fingerprint density at radius 1 is 0.966 bits per heavy atom. The maximum Gasteiger partial charge on any atom is 0.256 e. The molecule has 0 atom stereocenters. The van der Waals surface area contributed by atoms with Crippen LogP contribution in [0.15, 0.2) is 79.3 Å². The van der Waals surface area contributed by atoms with Gasteiger partial charge in [0.15, 0.2) is 5.82 Å². The first kappa shape index (κ1) is 18.9. The van der Waals surface area contributed by atoms with Crippen molar-refractivity contribution in [3.8, 4) is 17.3 Å². The number of hydrogen-bond acceptors (Lipinski definition) is 3. The Balaban J connectivity index is 1.53. The molecule has 2 heterocycles. The number of halogens is 1. The predicted molar refractivity (Wildman–Crippen MR) is 111 cm³/mol. The van der Waals surface area contributed by atoms with E-state index in [1.165, 1.54) is 23.4 Å². The second-order valence-electron chi connectivity index (χ2n) is 7.55. The predicted octanol–water partition coefficient (Wildman–Crippen LogP) is 5.83. The van der Waals surface area contributed by atoms with Crippen LogP contribution < -0.4 is 4.74 Å². The second kappa shape index (κ2) is 7.51. The maximum atomic E-state index is 14.4. The fourth-order valence-corrected chi connectivity index (χ4v) is 3.23. The summed E-state index contributed by atoms with van der Waals surface area (Å²) in [6.07, 6.45) is 4.88. The average Bonchev–Trinajstić information content (AvgIpc) is 3.25. The van der Waals surface area contributed by atoms with Gasteiger partial charge in [0.2, 0.25) is 0 Å². The molecular formula is C24H22FN3O. The number of nitrogens with zero attached hydrogens (tertiary/aromatic N) is 3. The van der Waals surface area contributed by atoms with Gasteiger partial charge in [0.05, 0.1) is 11.9 Å². The molecule has 0 N–H and O–H groups in total. The SMILES string of the molecule is Cc1ccc(C(C)(C)c2ccc(Oc3ncc(-n4cccn4)cc3F)cc2)cc1. The third-order valence-corrected chi connectivity index (χ3v) is 5.13.